The highest BCUT2D eigenvalue weighted by Gasteiger charge is 2.46. The van der Waals surface area contributed by atoms with Crippen LogP contribution in [0.3, 0.4) is 0 Å². The number of Topliss-reactive ketones (excluding diaryl/α,β-unsaturated/α-hetero) is 1. The Morgan fingerprint density at radius 3 is 2.69 bits per heavy atom. The molecule has 0 unspecified atom stereocenters. The SMILES string of the molecule is CCOc1cccc(C(O)=C2C(=O)C(=O)N(CCN(C)C)[C@H]2c2cccnc2)c1. The van der Waals surface area contributed by atoms with E-state index in [1.165, 1.54) is 4.90 Å². The van der Waals surface area contributed by atoms with Gasteiger partial charge in [0, 0.05) is 31.0 Å². The molecule has 1 fully saturated rings. The number of amides is 1. The number of hydrogen-bond donors (Lipinski definition) is 1. The molecule has 0 spiro atoms. The number of aromatic nitrogens is 1. The van der Waals surface area contributed by atoms with Gasteiger partial charge in [-0.2, -0.15) is 0 Å². The van der Waals surface area contributed by atoms with Gasteiger partial charge in [-0.1, -0.05) is 18.2 Å². The standard InChI is InChI=1S/C22H25N3O4/c1-4-29-17-9-5-7-15(13-17)20(26)18-19(16-8-6-10-23-14-16)25(12-11-24(2)3)22(28)21(18)27/h5-10,13-14,19,26H,4,11-12H2,1-3H3/t19-/m0/s1. The van der Waals surface area contributed by atoms with Crippen LogP contribution in [0.25, 0.3) is 5.76 Å². The molecule has 7 nitrogen and oxygen atoms in total. The molecule has 7 heteroatoms. The molecule has 1 aromatic heterocycles. The fraction of sp³-hybridized carbons (Fsp3) is 0.318. The van der Waals surface area contributed by atoms with Crippen molar-refractivity contribution in [3.63, 3.8) is 0 Å². The molecule has 1 aliphatic heterocycles. The molecule has 152 valence electrons. The van der Waals surface area contributed by atoms with E-state index in [1.54, 1.807) is 48.8 Å². The third-order valence-electron chi connectivity index (χ3n) is 4.75. The van der Waals surface area contributed by atoms with Gasteiger partial charge >= 0.3 is 0 Å². The molecule has 0 saturated carbocycles. The molecule has 1 atom stereocenters. The zero-order chi connectivity index (χ0) is 21.0. The zero-order valence-electron chi connectivity index (χ0n) is 16.8. The molecule has 0 bridgehead atoms. The highest BCUT2D eigenvalue weighted by molar-refractivity contribution is 6.46. The molecule has 2 heterocycles. The molecule has 29 heavy (non-hydrogen) atoms. The summed E-state index contributed by atoms with van der Waals surface area (Å²) < 4.78 is 5.49. The third-order valence-corrected chi connectivity index (χ3v) is 4.75. The van der Waals surface area contributed by atoms with Gasteiger partial charge in [-0.25, -0.2) is 0 Å². The first-order valence-electron chi connectivity index (χ1n) is 9.50. The lowest BCUT2D eigenvalue weighted by Gasteiger charge is -2.26. The van der Waals surface area contributed by atoms with Gasteiger partial charge in [-0.05, 0) is 44.8 Å². The van der Waals surface area contributed by atoms with Crippen molar-refractivity contribution in [3.8, 4) is 5.75 Å². The first-order chi connectivity index (χ1) is 13.9. The van der Waals surface area contributed by atoms with E-state index < -0.39 is 17.7 Å². The van der Waals surface area contributed by atoms with Crippen molar-refractivity contribution >= 4 is 17.4 Å². The molecule has 1 saturated heterocycles. The van der Waals surface area contributed by atoms with Crippen molar-refractivity contribution < 1.29 is 19.4 Å². The first kappa shape index (κ1) is 20.5. The van der Waals surface area contributed by atoms with E-state index in [9.17, 15) is 14.7 Å². The van der Waals surface area contributed by atoms with Gasteiger partial charge in [-0.15, -0.1) is 0 Å². The molecule has 0 aliphatic carbocycles. The number of carbonyl (C=O) groups is 2. The van der Waals surface area contributed by atoms with Gasteiger partial charge in [0.2, 0.25) is 0 Å². The number of ether oxygens (including phenoxy) is 1. The zero-order valence-corrected chi connectivity index (χ0v) is 16.8. The number of rotatable bonds is 7. The lowest BCUT2D eigenvalue weighted by molar-refractivity contribution is -0.140. The molecule has 0 radical (unpaired) electrons. The summed E-state index contributed by atoms with van der Waals surface area (Å²) in [5.41, 5.74) is 1.17. The van der Waals surface area contributed by atoms with Crippen LogP contribution in [0, 0.1) is 0 Å². The van der Waals surface area contributed by atoms with E-state index in [2.05, 4.69) is 4.98 Å². The maximum atomic E-state index is 12.9. The highest BCUT2D eigenvalue weighted by atomic mass is 16.5. The molecule has 2 aromatic rings. The minimum absolute atomic E-state index is 0.0652. The number of ketones is 1. The van der Waals surface area contributed by atoms with E-state index in [1.807, 2.05) is 25.9 Å². The molecule has 1 aliphatic rings. The Bertz CT molecular complexity index is 925. The average molecular weight is 395 g/mol. The second kappa shape index (κ2) is 8.87. The monoisotopic (exact) mass is 395 g/mol. The van der Waals surface area contributed by atoms with E-state index in [4.69, 9.17) is 4.74 Å². The van der Waals surface area contributed by atoms with E-state index in [0.717, 1.165) is 0 Å². The van der Waals surface area contributed by atoms with Gasteiger partial charge in [0.1, 0.15) is 11.5 Å². The van der Waals surface area contributed by atoms with Gasteiger partial charge < -0.3 is 19.6 Å². The Kier molecular flexibility index (Phi) is 6.29. The van der Waals surface area contributed by atoms with Gasteiger partial charge in [0.15, 0.2) is 0 Å². The van der Waals surface area contributed by atoms with Crippen molar-refractivity contribution in [1.82, 2.24) is 14.8 Å². The summed E-state index contributed by atoms with van der Waals surface area (Å²) >= 11 is 0. The van der Waals surface area contributed by atoms with Gasteiger partial charge in [0.05, 0.1) is 18.2 Å². The third kappa shape index (κ3) is 4.30. The topological polar surface area (TPSA) is 83.0 Å². The maximum absolute atomic E-state index is 12.9. The minimum Gasteiger partial charge on any atom is -0.507 e. The number of likely N-dealkylation sites (N-methyl/N-ethyl adjacent to an activating group) is 1. The summed E-state index contributed by atoms with van der Waals surface area (Å²) in [4.78, 5) is 33.2. The number of benzene rings is 1. The lowest BCUT2D eigenvalue weighted by Crippen LogP contribution is -2.35. The fourth-order valence-corrected chi connectivity index (χ4v) is 3.36. The average Bonchev–Trinajstić information content (AvgIpc) is 2.97. The fourth-order valence-electron chi connectivity index (χ4n) is 3.36. The normalized spacial score (nSPS) is 18.5. The van der Waals surface area contributed by atoms with E-state index in [-0.39, 0.29) is 11.3 Å². The number of nitrogens with zero attached hydrogens (tertiary/aromatic N) is 3. The van der Waals surface area contributed by atoms with Crippen LogP contribution in [0.2, 0.25) is 0 Å². The number of pyridine rings is 1. The van der Waals surface area contributed by atoms with Crippen LogP contribution >= 0.6 is 0 Å². The number of likely N-dealkylation sites (tertiary alicyclic amines) is 1. The molecular formula is C22H25N3O4. The summed E-state index contributed by atoms with van der Waals surface area (Å²) in [7, 11) is 3.80. The van der Waals surface area contributed by atoms with E-state index >= 15 is 0 Å². The summed E-state index contributed by atoms with van der Waals surface area (Å²) in [6.45, 7) is 3.29. The second-order valence-corrected chi connectivity index (χ2v) is 7.04. The summed E-state index contributed by atoms with van der Waals surface area (Å²) in [5, 5.41) is 11.0. The van der Waals surface area contributed by atoms with Crippen molar-refractivity contribution in [1.29, 1.82) is 0 Å². The minimum atomic E-state index is -0.697. The smallest absolute Gasteiger partial charge is 0.295 e. The number of hydrogen-bond acceptors (Lipinski definition) is 6. The van der Waals surface area contributed by atoms with Crippen LogP contribution < -0.4 is 4.74 Å². The molecule has 1 N–H and O–H groups in total. The molecule has 3 rings (SSSR count). The quantitative estimate of drug-likeness (QED) is 0.441. The van der Waals surface area contributed by atoms with Crippen LogP contribution in [0.5, 0.6) is 5.75 Å². The molecule has 1 aromatic carbocycles. The number of carbonyl (C=O) groups excluding carboxylic acids is 2. The predicted octanol–water partition coefficient (Wildman–Crippen LogP) is 2.46. The molecular weight excluding hydrogens is 370 g/mol. The lowest BCUT2D eigenvalue weighted by atomic mass is 9.96. The summed E-state index contributed by atoms with van der Waals surface area (Å²) in [6.07, 6.45) is 3.24. The van der Waals surface area contributed by atoms with Crippen LogP contribution in [-0.2, 0) is 9.59 Å². The van der Waals surface area contributed by atoms with Gasteiger partial charge in [-0.3, -0.25) is 14.6 Å². The largest absolute Gasteiger partial charge is 0.507 e. The van der Waals surface area contributed by atoms with Crippen LogP contribution in [-0.4, -0.2) is 65.4 Å². The highest BCUT2D eigenvalue weighted by Crippen LogP contribution is 2.39. The number of aliphatic hydroxyl groups is 1. The Balaban J connectivity index is 2.11. The van der Waals surface area contributed by atoms with Crippen molar-refractivity contribution in [2.24, 2.45) is 0 Å². The summed E-state index contributed by atoms with van der Waals surface area (Å²) in [6, 6.07) is 9.71. The number of aliphatic hydroxyl groups excluding tert-OH is 1. The summed E-state index contributed by atoms with van der Waals surface area (Å²) in [5.74, 6) is -0.956. The Morgan fingerprint density at radius 1 is 1.24 bits per heavy atom. The Morgan fingerprint density at radius 2 is 2.03 bits per heavy atom. The van der Waals surface area contributed by atoms with Gasteiger partial charge in [0.25, 0.3) is 11.7 Å². The Labute approximate surface area is 170 Å². The van der Waals surface area contributed by atoms with Crippen LogP contribution in [0.15, 0.2) is 54.4 Å². The second-order valence-electron chi connectivity index (χ2n) is 7.04. The predicted molar refractivity (Wildman–Crippen MR) is 109 cm³/mol. The van der Waals surface area contributed by atoms with E-state index in [0.29, 0.717) is 36.6 Å². The Hall–Kier alpha value is -3.19. The van der Waals surface area contributed by atoms with Crippen molar-refractivity contribution in [3.05, 3.63) is 65.5 Å². The maximum Gasteiger partial charge on any atom is 0.295 e. The first-order valence-corrected chi connectivity index (χ1v) is 9.50. The van der Waals surface area contributed by atoms with Crippen LogP contribution in [0.1, 0.15) is 24.1 Å². The van der Waals surface area contributed by atoms with Crippen LogP contribution in [0.4, 0.5) is 0 Å². The van der Waals surface area contributed by atoms with Crippen molar-refractivity contribution in [2.75, 3.05) is 33.8 Å². The molecule has 1 amide bonds. The van der Waals surface area contributed by atoms with Crippen molar-refractivity contribution in [2.45, 2.75) is 13.0 Å².